The summed E-state index contributed by atoms with van der Waals surface area (Å²) >= 11 is 1.47. The van der Waals surface area contributed by atoms with Gasteiger partial charge in [0.2, 0.25) is 0 Å². The maximum Gasteiger partial charge on any atom is 0.273 e. The summed E-state index contributed by atoms with van der Waals surface area (Å²) in [6.45, 7) is 3.52. The van der Waals surface area contributed by atoms with Gasteiger partial charge in [-0.05, 0) is 37.8 Å². The van der Waals surface area contributed by atoms with Crippen LogP contribution in [-0.4, -0.2) is 42.0 Å². The number of thiazole rings is 1. The molecule has 0 unspecified atom stereocenters. The minimum Gasteiger partial charge on any atom is -0.496 e. The molecule has 0 spiro atoms. The van der Waals surface area contributed by atoms with Crippen LogP contribution in [0, 0.1) is 5.92 Å². The molecule has 0 radical (unpaired) electrons. The molecule has 1 aromatic carbocycles. The first-order valence-corrected chi connectivity index (χ1v) is 9.12. The number of aromatic nitrogens is 1. The Balaban J connectivity index is 1.79. The second-order valence-electron chi connectivity index (χ2n) is 6.25. The molecule has 2 aromatic rings. The Labute approximate surface area is 146 Å². The lowest BCUT2D eigenvalue weighted by Gasteiger charge is -2.34. The van der Waals surface area contributed by atoms with Crippen molar-refractivity contribution in [1.82, 2.24) is 9.88 Å². The SMILES string of the molecule is COc1ccccc1-c1nc(C(=O)N2CCC[C@H]([C@@H](C)N)C2)cs1. The lowest BCUT2D eigenvalue weighted by molar-refractivity contribution is 0.0656. The number of methoxy groups -OCH3 is 1. The minimum atomic E-state index is -0.00209. The molecule has 0 aliphatic carbocycles. The van der Waals surface area contributed by atoms with Crippen LogP contribution in [0.25, 0.3) is 10.6 Å². The van der Waals surface area contributed by atoms with Crippen molar-refractivity contribution < 1.29 is 9.53 Å². The third-order valence-electron chi connectivity index (χ3n) is 4.55. The first kappa shape index (κ1) is 16.9. The van der Waals surface area contributed by atoms with Gasteiger partial charge in [0.15, 0.2) is 0 Å². The number of hydrogen-bond acceptors (Lipinski definition) is 5. The monoisotopic (exact) mass is 345 g/mol. The van der Waals surface area contributed by atoms with E-state index in [0.717, 1.165) is 42.3 Å². The molecule has 2 heterocycles. The Kier molecular flexibility index (Phi) is 5.16. The van der Waals surface area contributed by atoms with Crippen LogP contribution in [0.5, 0.6) is 5.75 Å². The molecule has 1 aliphatic heterocycles. The van der Waals surface area contributed by atoms with Crippen molar-refractivity contribution in [2.45, 2.75) is 25.8 Å². The second kappa shape index (κ2) is 7.32. The predicted molar refractivity (Wildman–Crippen MR) is 96.4 cm³/mol. The summed E-state index contributed by atoms with van der Waals surface area (Å²) in [6.07, 6.45) is 2.09. The Morgan fingerprint density at radius 1 is 1.46 bits per heavy atom. The molecule has 1 fully saturated rings. The highest BCUT2D eigenvalue weighted by Gasteiger charge is 2.27. The first-order valence-electron chi connectivity index (χ1n) is 8.24. The largest absolute Gasteiger partial charge is 0.496 e. The van der Waals surface area contributed by atoms with Crippen molar-refractivity contribution in [3.05, 3.63) is 35.3 Å². The van der Waals surface area contributed by atoms with Gasteiger partial charge in [0.1, 0.15) is 16.5 Å². The number of hydrogen-bond donors (Lipinski definition) is 1. The molecule has 1 aromatic heterocycles. The summed E-state index contributed by atoms with van der Waals surface area (Å²) in [6, 6.07) is 7.83. The van der Waals surface area contributed by atoms with E-state index in [1.165, 1.54) is 11.3 Å². The van der Waals surface area contributed by atoms with Gasteiger partial charge < -0.3 is 15.4 Å². The van der Waals surface area contributed by atoms with Crippen LogP contribution in [0.3, 0.4) is 0 Å². The fourth-order valence-electron chi connectivity index (χ4n) is 3.10. The fraction of sp³-hybridized carbons (Fsp3) is 0.444. The van der Waals surface area contributed by atoms with Gasteiger partial charge >= 0.3 is 0 Å². The number of nitrogens with two attached hydrogens (primary N) is 1. The molecule has 1 amide bonds. The minimum absolute atomic E-state index is 0.00209. The topological polar surface area (TPSA) is 68.5 Å². The van der Waals surface area contributed by atoms with Gasteiger partial charge in [0.05, 0.1) is 12.7 Å². The average Bonchev–Trinajstić information content (AvgIpc) is 3.11. The van der Waals surface area contributed by atoms with Gasteiger partial charge in [-0.25, -0.2) is 4.98 Å². The molecular formula is C18H23N3O2S. The summed E-state index contributed by atoms with van der Waals surface area (Å²) in [7, 11) is 1.64. The van der Waals surface area contributed by atoms with Gasteiger partial charge in [-0.15, -0.1) is 11.3 Å². The third-order valence-corrected chi connectivity index (χ3v) is 5.42. The van der Waals surface area contributed by atoms with Crippen molar-refractivity contribution in [3.8, 4) is 16.3 Å². The Hall–Kier alpha value is -1.92. The maximum absolute atomic E-state index is 12.8. The van der Waals surface area contributed by atoms with E-state index in [4.69, 9.17) is 10.5 Å². The molecule has 0 saturated carbocycles. The summed E-state index contributed by atoms with van der Waals surface area (Å²) in [5, 5.41) is 2.64. The van der Waals surface area contributed by atoms with E-state index >= 15 is 0 Å². The number of para-hydroxylation sites is 1. The fourth-order valence-corrected chi connectivity index (χ4v) is 3.93. The lowest BCUT2D eigenvalue weighted by atomic mass is 9.92. The zero-order valence-corrected chi connectivity index (χ0v) is 14.9. The number of carbonyl (C=O) groups excluding carboxylic acids is 1. The molecule has 3 rings (SSSR count). The molecule has 5 nitrogen and oxygen atoms in total. The van der Waals surface area contributed by atoms with E-state index < -0.39 is 0 Å². The number of benzene rings is 1. The summed E-state index contributed by atoms with van der Waals surface area (Å²) in [4.78, 5) is 19.2. The quantitative estimate of drug-likeness (QED) is 0.925. The van der Waals surface area contributed by atoms with Gasteiger partial charge in [-0.1, -0.05) is 12.1 Å². The highest BCUT2D eigenvalue weighted by Crippen LogP contribution is 2.32. The number of rotatable bonds is 4. The molecule has 128 valence electrons. The van der Waals surface area contributed by atoms with Crippen LogP contribution in [0.2, 0.25) is 0 Å². The normalized spacial score (nSPS) is 19.1. The lowest BCUT2D eigenvalue weighted by Crippen LogP contribution is -2.45. The van der Waals surface area contributed by atoms with Gasteiger partial charge in [0.25, 0.3) is 5.91 Å². The number of carbonyl (C=O) groups is 1. The smallest absolute Gasteiger partial charge is 0.273 e. The van der Waals surface area contributed by atoms with E-state index in [-0.39, 0.29) is 11.9 Å². The Bertz CT molecular complexity index is 714. The highest BCUT2D eigenvalue weighted by molar-refractivity contribution is 7.13. The summed E-state index contributed by atoms with van der Waals surface area (Å²) < 4.78 is 5.38. The average molecular weight is 345 g/mol. The number of ether oxygens (including phenoxy) is 1. The van der Waals surface area contributed by atoms with Crippen molar-refractivity contribution in [2.24, 2.45) is 11.7 Å². The van der Waals surface area contributed by atoms with E-state index in [1.807, 2.05) is 41.5 Å². The van der Waals surface area contributed by atoms with Crippen LogP contribution in [0.1, 0.15) is 30.3 Å². The van der Waals surface area contributed by atoms with Crippen molar-refractivity contribution in [2.75, 3.05) is 20.2 Å². The molecule has 0 bridgehead atoms. The van der Waals surface area contributed by atoms with E-state index in [0.29, 0.717) is 11.6 Å². The zero-order valence-electron chi connectivity index (χ0n) is 14.1. The first-order chi connectivity index (χ1) is 11.6. The molecule has 2 N–H and O–H groups in total. The van der Waals surface area contributed by atoms with Gasteiger partial charge in [-0.3, -0.25) is 4.79 Å². The third kappa shape index (κ3) is 3.44. The van der Waals surface area contributed by atoms with Crippen molar-refractivity contribution in [3.63, 3.8) is 0 Å². The molecule has 1 saturated heterocycles. The van der Waals surface area contributed by atoms with E-state index in [2.05, 4.69) is 4.98 Å². The van der Waals surface area contributed by atoms with Crippen molar-refractivity contribution in [1.29, 1.82) is 0 Å². The second-order valence-corrected chi connectivity index (χ2v) is 7.11. The Morgan fingerprint density at radius 2 is 2.25 bits per heavy atom. The summed E-state index contributed by atoms with van der Waals surface area (Å²) in [5.74, 6) is 1.13. The molecule has 2 atom stereocenters. The van der Waals surface area contributed by atoms with Crippen LogP contribution < -0.4 is 10.5 Å². The maximum atomic E-state index is 12.8. The number of amides is 1. The van der Waals surface area contributed by atoms with Crippen LogP contribution in [0.15, 0.2) is 29.6 Å². The van der Waals surface area contributed by atoms with E-state index in [1.54, 1.807) is 7.11 Å². The number of piperidine rings is 1. The number of likely N-dealkylation sites (tertiary alicyclic amines) is 1. The molecule has 24 heavy (non-hydrogen) atoms. The molecule has 1 aliphatic rings. The number of nitrogens with zero attached hydrogens (tertiary/aromatic N) is 2. The summed E-state index contributed by atoms with van der Waals surface area (Å²) in [5.41, 5.74) is 7.43. The molecule has 6 heteroatoms. The van der Waals surface area contributed by atoms with Crippen molar-refractivity contribution >= 4 is 17.2 Å². The van der Waals surface area contributed by atoms with Crippen LogP contribution in [0.4, 0.5) is 0 Å². The zero-order chi connectivity index (χ0) is 17.1. The standard InChI is InChI=1S/C18H23N3O2S/c1-12(19)13-6-5-9-21(10-13)18(22)15-11-24-17(20-15)14-7-3-4-8-16(14)23-2/h3-4,7-8,11-13H,5-6,9-10,19H2,1-2H3/t12-,13+/m1/s1. The van der Waals surface area contributed by atoms with E-state index in [9.17, 15) is 4.79 Å². The van der Waals surface area contributed by atoms with Gasteiger partial charge in [0, 0.05) is 24.5 Å². The van der Waals surface area contributed by atoms with Crippen LogP contribution >= 0.6 is 11.3 Å². The Morgan fingerprint density at radius 3 is 3.00 bits per heavy atom. The highest BCUT2D eigenvalue weighted by atomic mass is 32.1. The predicted octanol–water partition coefficient (Wildman–Crippen LogP) is 3.02. The molecular weight excluding hydrogens is 322 g/mol. The van der Waals surface area contributed by atoms with Gasteiger partial charge in [-0.2, -0.15) is 0 Å². The van der Waals surface area contributed by atoms with Crippen LogP contribution in [-0.2, 0) is 0 Å².